The minimum atomic E-state index is -2.81. The third-order valence-corrected chi connectivity index (χ3v) is 6.50. The van der Waals surface area contributed by atoms with Crippen LogP contribution < -0.4 is 4.90 Å². The Morgan fingerprint density at radius 2 is 1.57 bits per heavy atom. The number of piperazine rings is 1. The van der Waals surface area contributed by atoms with Crippen molar-refractivity contribution in [3.63, 3.8) is 0 Å². The van der Waals surface area contributed by atoms with Crippen molar-refractivity contribution in [3.05, 3.63) is 34.4 Å². The van der Waals surface area contributed by atoms with E-state index in [0.29, 0.717) is 17.5 Å². The minimum Gasteiger partial charge on any atom is -0.369 e. The molecule has 0 unspecified atom stereocenters. The summed E-state index contributed by atoms with van der Waals surface area (Å²) in [5.41, 5.74) is 1.11. The van der Waals surface area contributed by atoms with Crippen molar-refractivity contribution in [1.29, 1.82) is 0 Å². The van der Waals surface area contributed by atoms with Gasteiger partial charge >= 0.3 is 0 Å². The van der Waals surface area contributed by atoms with Crippen LogP contribution in [0.3, 0.4) is 0 Å². The van der Waals surface area contributed by atoms with Gasteiger partial charge in [0, 0.05) is 50.0 Å². The third kappa shape index (κ3) is 3.81. The quantitative estimate of drug-likeness (QED) is 0.609. The van der Waals surface area contributed by atoms with Crippen LogP contribution in [0.15, 0.2) is 24.3 Å². The Hall–Kier alpha value is -1.67. The van der Waals surface area contributed by atoms with Crippen molar-refractivity contribution in [2.24, 2.45) is 0 Å². The monoisotopic (exact) mass is 339 g/mol. The molecular weight excluding hydrogens is 318 g/mol. The Balaban J connectivity index is 1.55. The van der Waals surface area contributed by atoms with Gasteiger partial charge in [-0.2, -0.15) is 0 Å². The van der Waals surface area contributed by atoms with E-state index < -0.39 is 14.8 Å². The van der Waals surface area contributed by atoms with Crippen molar-refractivity contribution < 1.29 is 13.3 Å². The third-order valence-electron chi connectivity index (χ3n) is 4.78. The van der Waals surface area contributed by atoms with Gasteiger partial charge in [0.1, 0.15) is 9.84 Å². The maximum atomic E-state index is 11.5. The molecule has 1 aromatic carbocycles. The SMILES string of the molecule is O=[N+]([O-])c1ccc(N2CCN(C3CCS(=O)(=O)CC3)CC2)cc1. The first-order valence-corrected chi connectivity index (χ1v) is 9.71. The molecule has 0 aromatic heterocycles. The van der Waals surface area contributed by atoms with Crippen molar-refractivity contribution >= 4 is 21.2 Å². The topological polar surface area (TPSA) is 83.8 Å². The molecule has 0 amide bonds. The summed E-state index contributed by atoms with van der Waals surface area (Å²) in [6, 6.07) is 7.03. The standard InChI is InChI=1S/C15H21N3O4S/c19-18(20)15-3-1-13(2-4-15)16-7-9-17(10-8-16)14-5-11-23(21,22)12-6-14/h1-4,14H,5-12H2. The molecule has 0 radical (unpaired) electrons. The van der Waals surface area contributed by atoms with Gasteiger partial charge in [0.05, 0.1) is 16.4 Å². The molecule has 2 aliphatic heterocycles. The second-order valence-electron chi connectivity index (χ2n) is 6.18. The van der Waals surface area contributed by atoms with Crippen molar-refractivity contribution in [2.75, 3.05) is 42.6 Å². The molecule has 2 heterocycles. The molecular formula is C15H21N3O4S. The van der Waals surface area contributed by atoms with Crippen LogP contribution in [0.1, 0.15) is 12.8 Å². The molecule has 23 heavy (non-hydrogen) atoms. The number of nitrogens with zero attached hydrogens (tertiary/aromatic N) is 3. The number of hydrogen-bond acceptors (Lipinski definition) is 6. The lowest BCUT2D eigenvalue weighted by Crippen LogP contribution is -2.52. The van der Waals surface area contributed by atoms with E-state index in [1.54, 1.807) is 12.1 Å². The van der Waals surface area contributed by atoms with Gasteiger partial charge in [0.25, 0.3) is 5.69 Å². The highest BCUT2D eigenvalue weighted by atomic mass is 32.2. The highest BCUT2D eigenvalue weighted by Crippen LogP contribution is 2.23. The van der Waals surface area contributed by atoms with Crippen molar-refractivity contribution in [1.82, 2.24) is 4.90 Å². The zero-order chi connectivity index (χ0) is 16.4. The highest BCUT2D eigenvalue weighted by Gasteiger charge is 2.30. The minimum absolute atomic E-state index is 0.107. The highest BCUT2D eigenvalue weighted by molar-refractivity contribution is 7.91. The molecule has 0 bridgehead atoms. The van der Waals surface area contributed by atoms with Crippen LogP contribution in [0.2, 0.25) is 0 Å². The predicted molar refractivity (Wildman–Crippen MR) is 88.6 cm³/mol. The molecule has 2 fully saturated rings. The van der Waals surface area contributed by atoms with Crippen LogP contribution in [0.25, 0.3) is 0 Å². The van der Waals surface area contributed by atoms with Crippen LogP contribution in [0, 0.1) is 10.1 Å². The average Bonchev–Trinajstić information content (AvgIpc) is 2.55. The normalized spacial score (nSPS) is 22.9. The summed E-state index contributed by atoms with van der Waals surface area (Å²) >= 11 is 0. The first kappa shape index (κ1) is 16.2. The fourth-order valence-electron chi connectivity index (χ4n) is 3.37. The first-order chi connectivity index (χ1) is 10.9. The molecule has 1 aromatic rings. The maximum Gasteiger partial charge on any atom is 0.269 e. The van der Waals surface area contributed by atoms with Crippen LogP contribution in [-0.2, 0) is 9.84 Å². The van der Waals surface area contributed by atoms with Crippen LogP contribution in [0.4, 0.5) is 11.4 Å². The van der Waals surface area contributed by atoms with E-state index in [4.69, 9.17) is 0 Å². The summed E-state index contributed by atoms with van der Waals surface area (Å²) < 4.78 is 23.0. The molecule has 2 saturated heterocycles. The number of anilines is 1. The van der Waals surface area contributed by atoms with E-state index in [1.807, 2.05) is 0 Å². The number of hydrogen-bond donors (Lipinski definition) is 0. The van der Waals surface area contributed by atoms with E-state index >= 15 is 0 Å². The summed E-state index contributed by atoms with van der Waals surface area (Å²) in [5, 5.41) is 10.7. The Bertz CT molecular complexity index is 652. The molecule has 8 heteroatoms. The molecule has 7 nitrogen and oxygen atoms in total. The number of rotatable bonds is 3. The molecule has 0 aliphatic carbocycles. The van der Waals surface area contributed by atoms with Crippen molar-refractivity contribution in [3.8, 4) is 0 Å². The molecule has 0 atom stereocenters. The summed E-state index contributed by atoms with van der Waals surface area (Å²) in [7, 11) is -2.81. The number of nitro groups is 1. The van der Waals surface area contributed by atoms with Crippen molar-refractivity contribution in [2.45, 2.75) is 18.9 Å². The smallest absolute Gasteiger partial charge is 0.269 e. The molecule has 0 spiro atoms. The van der Waals surface area contributed by atoms with Gasteiger partial charge in [0.2, 0.25) is 0 Å². The summed E-state index contributed by atoms with van der Waals surface area (Å²) in [6.45, 7) is 3.53. The molecule has 3 rings (SSSR count). The first-order valence-electron chi connectivity index (χ1n) is 7.88. The lowest BCUT2D eigenvalue weighted by atomic mass is 10.1. The fraction of sp³-hybridized carbons (Fsp3) is 0.600. The zero-order valence-corrected chi connectivity index (χ0v) is 13.7. The maximum absolute atomic E-state index is 11.5. The molecule has 0 saturated carbocycles. The number of sulfone groups is 1. The molecule has 2 aliphatic rings. The van der Waals surface area contributed by atoms with Gasteiger partial charge in [-0.05, 0) is 25.0 Å². The summed E-state index contributed by atoms with van der Waals surface area (Å²) in [4.78, 5) is 14.9. The predicted octanol–water partition coefficient (Wildman–Crippen LogP) is 1.29. The Morgan fingerprint density at radius 3 is 2.09 bits per heavy atom. The number of benzene rings is 1. The number of nitro benzene ring substituents is 1. The van der Waals surface area contributed by atoms with E-state index in [9.17, 15) is 18.5 Å². The molecule has 0 N–H and O–H groups in total. The Kier molecular flexibility index (Phi) is 4.54. The lowest BCUT2D eigenvalue weighted by Gasteiger charge is -2.41. The summed E-state index contributed by atoms with van der Waals surface area (Å²) in [5.74, 6) is 0.612. The van der Waals surface area contributed by atoms with Gasteiger partial charge < -0.3 is 4.90 Å². The van der Waals surface area contributed by atoms with Gasteiger partial charge in [-0.1, -0.05) is 0 Å². The van der Waals surface area contributed by atoms with E-state index in [1.165, 1.54) is 12.1 Å². The van der Waals surface area contributed by atoms with E-state index in [2.05, 4.69) is 9.80 Å². The molecule has 126 valence electrons. The van der Waals surface area contributed by atoms with E-state index in [0.717, 1.165) is 44.7 Å². The van der Waals surface area contributed by atoms with Crippen LogP contribution >= 0.6 is 0 Å². The largest absolute Gasteiger partial charge is 0.369 e. The van der Waals surface area contributed by atoms with Gasteiger partial charge in [-0.3, -0.25) is 15.0 Å². The second kappa shape index (κ2) is 6.45. The van der Waals surface area contributed by atoms with E-state index in [-0.39, 0.29) is 5.69 Å². The fourth-order valence-corrected chi connectivity index (χ4v) is 4.84. The number of non-ortho nitro benzene ring substituents is 1. The van der Waals surface area contributed by atoms with Gasteiger partial charge in [-0.15, -0.1) is 0 Å². The van der Waals surface area contributed by atoms with Crippen LogP contribution in [-0.4, -0.2) is 62.0 Å². The van der Waals surface area contributed by atoms with Gasteiger partial charge in [0.15, 0.2) is 0 Å². The average molecular weight is 339 g/mol. The Morgan fingerprint density at radius 1 is 1.00 bits per heavy atom. The lowest BCUT2D eigenvalue weighted by molar-refractivity contribution is -0.384. The Labute approximate surface area is 136 Å². The van der Waals surface area contributed by atoms with Gasteiger partial charge in [-0.25, -0.2) is 8.42 Å². The second-order valence-corrected chi connectivity index (χ2v) is 8.48. The zero-order valence-electron chi connectivity index (χ0n) is 12.9. The summed E-state index contributed by atoms with van der Waals surface area (Å²) in [6.07, 6.45) is 1.47. The van der Waals surface area contributed by atoms with Crippen LogP contribution in [0.5, 0.6) is 0 Å².